The van der Waals surface area contributed by atoms with Crippen molar-refractivity contribution in [1.29, 1.82) is 0 Å². The summed E-state index contributed by atoms with van der Waals surface area (Å²) in [5, 5.41) is 1.40. The first-order valence-electron chi connectivity index (χ1n) is 5.32. The van der Waals surface area contributed by atoms with Gasteiger partial charge in [0.1, 0.15) is 0 Å². The van der Waals surface area contributed by atoms with Gasteiger partial charge in [0.2, 0.25) is 9.84 Å². The molecule has 0 heterocycles. The lowest BCUT2D eigenvalue weighted by atomic mass is 10.2. The van der Waals surface area contributed by atoms with Gasteiger partial charge in [0.15, 0.2) is 0 Å². The molecule has 2 aromatic carbocycles. The van der Waals surface area contributed by atoms with Gasteiger partial charge in [0.25, 0.3) is 0 Å². The second-order valence-corrected chi connectivity index (χ2v) is 5.90. The van der Waals surface area contributed by atoms with Crippen LogP contribution in [0.3, 0.4) is 0 Å². The molecule has 0 unspecified atom stereocenters. The van der Waals surface area contributed by atoms with E-state index in [1.165, 1.54) is 11.5 Å². The van der Waals surface area contributed by atoms with Crippen molar-refractivity contribution in [2.24, 2.45) is 0 Å². The second-order valence-electron chi connectivity index (χ2n) is 3.69. The van der Waals surface area contributed by atoms with Crippen molar-refractivity contribution in [1.82, 2.24) is 0 Å². The van der Waals surface area contributed by atoms with Crippen LogP contribution in [0.25, 0.3) is 6.08 Å². The number of sulfone groups is 1. The van der Waals surface area contributed by atoms with Crippen molar-refractivity contribution in [3.8, 4) is 0 Å². The normalized spacial score (nSPS) is 11.8. The maximum atomic E-state index is 12.1. The van der Waals surface area contributed by atoms with Crippen molar-refractivity contribution >= 4 is 27.5 Å². The van der Waals surface area contributed by atoms with E-state index in [4.69, 9.17) is 11.6 Å². The van der Waals surface area contributed by atoms with Gasteiger partial charge in [-0.3, -0.25) is 0 Å². The molecule has 0 saturated carbocycles. The molecule has 4 heteroatoms. The minimum Gasteiger partial charge on any atom is -0.219 e. The first-order valence-corrected chi connectivity index (χ1v) is 7.25. The largest absolute Gasteiger partial charge is 0.219 e. The van der Waals surface area contributed by atoms with Crippen LogP contribution in [0, 0.1) is 0 Å². The van der Waals surface area contributed by atoms with E-state index in [2.05, 4.69) is 0 Å². The molecule has 0 amide bonds. The van der Waals surface area contributed by atoms with Gasteiger partial charge in [0, 0.05) is 5.41 Å². The van der Waals surface area contributed by atoms with Crippen molar-refractivity contribution in [2.75, 3.05) is 0 Å². The second kappa shape index (κ2) is 5.38. The summed E-state index contributed by atoms with van der Waals surface area (Å²) < 4.78 is 24.1. The molecule has 0 radical (unpaired) electrons. The number of halogens is 1. The Morgan fingerprint density at radius 1 is 0.889 bits per heavy atom. The van der Waals surface area contributed by atoms with Crippen LogP contribution in [0.4, 0.5) is 0 Å². The van der Waals surface area contributed by atoms with Crippen molar-refractivity contribution in [3.63, 3.8) is 0 Å². The molecule has 0 N–H and O–H groups in total. The zero-order valence-electron chi connectivity index (χ0n) is 9.45. The molecular weight excluding hydrogens is 268 g/mol. The number of hydrogen-bond donors (Lipinski definition) is 0. The van der Waals surface area contributed by atoms with E-state index in [0.29, 0.717) is 0 Å². The molecule has 0 atom stereocenters. The van der Waals surface area contributed by atoms with E-state index < -0.39 is 9.84 Å². The summed E-state index contributed by atoms with van der Waals surface area (Å²) in [6.07, 6.45) is 1.55. The fraction of sp³-hybridized carbons (Fsp3) is 0. The Morgan fingerprint density at radius 2 is 1.50 bits per heavy atom. The average molecular weight is 279 g/mol. The van der Waals surface area contributed by atoms with Gasteiger partial charge in [0.05, 0.1) is 9.92 Å². The lowest BCUT2D eigenvalue weighted by Gasteiger charge is -2.01. The molecule has 0 fully saturated rings. The highest BCUT2D eigenvalue weighted by Gasteiger charge is 2.13. The van der Waals surface area contributed by atoms with Crippen LogP contribution in [0.15, 0.2) is 64.9 Å². The lowest BCUT2D eigenvalue weighted by Crippen LogP contribution is -1.96. The minimum atomic E-state index is -3.50. The molecule has 0 aliphatic rings. The van der Waals surface area contributed by atoms with Crippen LogP contribution >= 0.6 is 11.6 Å². The Kier molecular flexibility index (Phi) is 3.84. The van der Waals surface area contributed by atoms with Crippen LogP contribution in [0.2, 0.25) is 5.02 Å². The van der Waals surface area contributed by atoms with E-state index >= 15 is 0 Å². The molecule has 0 spiro atoms. The quantitative estimate of drug-likeness (QED) is 0.856. The average Bonchev–Trinajstić information content (AvgIpc) is 2.38. The lowest BCUT2D eigenvalue weighted by molar-refractivity contribution is 0.605. The summed E-state index contributed by atoms with van der Waals surface area (Å²) in [7, 11) is -3.50. The molecule has 18 heavy (non-hydrogen) atoms. The molecule has 2 aromatic rings. The summed E-state index contributed by atoms with van der Waals surface area (Å²) in [5.41, 5.74) is 0.827. The number of benzene rings is 2. The van der Waals surface area contributed by atoms with Gasteiger partial charge in [-0.2, -0.15) is 0 Å². The highest BCUT2D eigenvalue weighted by molar-refractivity contribution is 7.94. The third-order valence-corrected chi connectivity index (χ3v) is 4.29. The molecule has 0 aliphatic carbocycles. The van der Waals surface area contributed by atoms with Crippen LogP contribution in [0.1, 0.15) is 5.56 Å². The van der Waals surface area contributed by atoms with E-state index in [1.807, 2.05) is 30.3 Å². The van der Waals surface area contributed by atoms with E-state index in [0.717, 1.165) is 5.56 Å². The third-order valence-electron chi connectivity index (χ3n) is 2.38. The van der Waals surface area contributed by atoms with Gasteiger partial charge in [-0.05, 0) is 23.8 Å². The van der Waals surface area contributed by atoms with E-state index in [1.54, 1.807) is 24.3 Å². The Labute approximate surface area is 111 Å². The summed E-state index contributed by atoms with van der Waals surface area (Å²) in [5.74, 6) is 0. The maximum absolute atomic E-state index is 12.1. The van der Waals surface area contributed by atoms with Crippen molar-refractivity contribution in [3.05, 3.63) is 70.6 Å². The summed E-state index contributed by atoms with van der Waals surface area (Å²) in [4.78, 5) is 0.124. The van der Waals surface area contributed by atoms with Crippen LogP contribution in [-0.2, 0) is 9.84 Å². The van der Waals surface area contributed by atoms with Gasteiger partial charge < -0.3 is 0 Å². The first-order chi connectivity index (χ1) is 8.59. The number of hydrogen-bond acceptors (Lipinski definition) is 2. The summed E-state index contributed by atoms with van der Waals surface area (Å²) in [6.45, 7) is 0. The smallest absolute Gasteiger partial charge is 0.201 e. The Hall–Kier alpha value is -1.58. The zero-order chi connectivity index (χ0) is 13.0. The molecule has 0 aromatic heterocycles. The molecule has 2 nitrogen and oxygen atoms in total. The van der Waals surface area contributed by atoms with E-state index in [9.17, 15) is 8.42 Å². The highest BCUT2D eigenvalue weighted by atomic mass is 35.5. The standard InChI is InChI=1S/C14H11ClO2S/c15-13-8-4-5-9-14(13)18(16,17)11-10-12-6-2-1-3-7-12/h1-11H/b11-10+. The summed E-state index contributed by atoms with van der Waals surface area (Å²) >= 11 is 5.88. The fourth-order valence-corrected chi connectivity index (χ4v) is 3.03. The Bertz CT molecular complexity index is 661. The molecular formula is C14H11ClO2S. The van der Waals surface area contributed by atoms with Crippen LogP contribution in [-0.4, -0.2) is 8.42 Å². The fourth-order valence-electron chi connectivity index (χ4n) is 1.48. The Balaban J connectivity index is 2.34. The maximum Gasteiger partial charge on any atom is 0.201 e. The first kappa shape index (κ1) is 12.9. The highest BCUT2D eigenvalue weighted by Crippen LogP contribution is 2.22. The predicted molar refractivity (Wildman–Crippen MR) is 74.1 cm³/mol. The van der Waals surface area contributed by atoms with Crippen LogP contribution in [0.5, 0.6) is 0 Å². The molecule has 0 aliphatic heterocycles. The SMILES string of the molecule is O=S(=O)(/C=C/c1ccccc1)c1ccccc1Cl. The molecule has 2 rings (SSSR count). The third kappa shape index (κ3) is 3.00. The van der Waals surface area contributed by atoms with Gasteiger partial charge in [-0.1, -0.05) is 54.1 Å². The summed E-state index contributed by atoms with van der Waals surface area (Å²) in [6, 6.07) is 15.6. The molecule has 0 bridgehead atoms. The molecule has 0 saturated heterocycles. The van der Waals surface area contributed by atoms with Gasteiger partial charge in [-0.15, -0.1) is 0 Å². The number of rotatable bonds is 3. The van der Waals surface area contributed by atoms with Gasteiger partial charge in [-0.25, -0.2) is 8.42 Å². The predicted octanol–water partition coefficient (Wildman–Crippen LogP) is 3.78. The monoisotopic (exact) mass is 278 g/mol. The molecule has 92 valence electrons. The van der Waals surface area contributed by atoms with Gasteiger partial charge >= 0.3 is 0 Å². The van der Waals surface area contributed by atoms with E-state index in [-0.39, 0.29) is 9.92 Å². The van der Waals surface area contributed by atoms with Crippen molar-refractivity contribution in [2.45, 2.75) is 4.90 Å². The zero-order valence-corrected chi connectivity index (χ0v) is 11.0. The Morgan fingerprint density at radius 3 is 2.17 bits per heavy atom. The van der Waals surface area contributed by atoms with Crippen LogP contribution < -0.4 is 0 Å². The van der Waals surface area contributed by atoms with Crippen molar-refractivity contribution < 1.29 is 8.42 Å². The topological polar surface area (TPSA) is 34.1 Å². The minimum absolute atomic E-state index is 0.124.